The van der Waals surface area contributed by atoms with E-state index in [-0.39, 0.29) is 0 Å². The van der Waals surface area contributed by atoms with Gasteiger partial charge in [0.1, 0.15) is 5.52 Å². The molecule has 4 fully saturated rings. The number of benzene rings is 1. The Morgan fingerprint density at radius 1 is 0.939 bits per heavy atom. The summed E-state index contributed by atoms with van der Waals surface area (Å²) in [5.74, 6) is -0.449. The lowest BCUT2D eigenvalue weighted by atomic mass is 9.78. The summed E-state index contributed by atoms with van der Waals surface area (Å²) in [6.45, 7) is 0. The number of nitrogens with two attached hydrogens (primary N) is 1. The predicted octanol–water partition coefficient (Wildman–Crippen LogP) is 3.76. The molecule has 6 rings (SSSR count). The van der Waals surface area contributed by atoms with E-state index in [4.69, 9.17) is 15.1 Å². The van der Waals surface area contributed by atoms with Crippen LogP contribution in [0.1, 0.15) is 74.6 Å². The van der Waals surface area contributed by atoms with Crippen molar-refractivity contribution in [3.63, 3.8) is 0 Å². The summed E-state index contributed by atoms with van der Waals surface area (Å²) in [5, 5.41) is 0. The second-order valence-electron chi connectivity index (χ2n) is 11.0. The van der Waals surface area contributed by atoms with Crippen molar-refractivity contribution in [2.24, 2.45) is 5.73 Å². The molecule has 1 amide bonds. The Labute approximate surface area is 196 Å². The minimum atomic E-state index is -0.449. The number of oxazole rings is 1. The second kappa shape index (κ2) is 8.27. The number of hydrogen-bond acceptors (Lipinski definition) is 6. The molecule has 178 valence electrons. The summed E-state index contributed by atoms with van der Waals surface area (Å²) in [7, 11) is 4.63. The number of primary amides is 1. The third-order valence-corrected chi connectivity index (χ3v) is 9.31. The van der Waals surface area contributed by atoms with Crippen LogP contribution < -0.4 is 10.6 Å². The number of anilines is 1. The van der Waals surface area contributed by atoms with Crippen molar-refractivity contribution in [2.45, 2.75) is 100 Å². The first-order valence-corrected chi connectivity index (χ1v) is 12.9. The molecule has 0 aliphatic carbocycles. The highest BCUT2D eigenvalue weighted by Crippen LogP contribution is 2.42. The second-order valence-corrected chi connectivity index (χ2v) is 11.0. The molecular formula is C26H37N5O2. The van der Waals surface area contributed by atoms with E-state index >= 15 is 0 Å². The number of aromatic nitrogens is 1. The average Bonchev–Trinajstić information content (AvgIpc) is 3.18. The number of rotatable bonds is 4. The number of nitrogens with zero attached hydrogens (tertiary/aromatic N) is 4. The van der Waals surface area contributed by atoms with Crippen LogP contribution >= 0.6 is 0 Å². The van der Waals surface area contributed by atoms with E-state index in [0.717, 1.165) is 25.7 Å². The number of fused-ring (bicyclic) bond motifs is 5. The summed E-state index contributed by atoms with van der Waals surface area (Å²) >= 11 is 0. The highest BCUT2D eigenvalue weighted by atomic mass is 16.4. The maximum atomic E-state index is 12.1. The van der Waals surface area contributed by atoms with E-state index in [9.17, 15) is 4.79 Å². The zero-order chi connectivity index (χ0) is 22.7. The number of amides is 1. The standard InChI is InChI=1S/C26H37N5O2/c1-29-16-6-3-7-17(29)13-20(12-16)31(21-14-18-8-4-9-19(15-21)30(18)2)26-28-24-22(25(27)32)10-5-11-23(24)33-26/h5,10-11,16-21H,3-4,6-9,12-15H2,1-2H3,(H2,27,32). The van der Waals surface area contributed by atoms with Gasteiger partial charge in [-0.2, -0.15) is 4.98 Å². The van der Waals surface area contributed by atoms with Crippen molar-refractivity contribution in [3.8, 4) is 0 Å². The zero-order valence-electron chi connectivity index (χ0n) is 19.9. The summed E-state index contributed by atoms with van der Waals surface area (Å²) in [5.41, 5.74) is 7.37. The van der Waals surface area contributed by atoms with Crippen molar-refractivity contribution in [3.05, 3.63) is 23.8 Å². The van der Waals surface area contributed by atoms with Crippen LogP contribution in [-0.4, -0.2) is 71.0 Å². The Bertz CT molecular complexity index is 973. The molecule has 0 spiro atoms. The Hall–Kier alpha value is -2.12. The van der Waals surface area contributed by atoms with E-state index in [1.807, 2.05) is 12.1 Å². The van der Waals surface area contributed by atoms with Gasteiger partial charge in [0.2, 0.25) is 0 Å². The molecule has 4 bridgehead atoms. The molecule has 4 aliphatic rings. The molecule has 0 radical (unpaired) electrons. The van der Waals surface area contributed by atoms with Crippen LogP contribution in [0.15, 0.2) is 22.6 Å². The van der Waals surface area contributed by atoms with Crippen LogP contribution in [0.5, 0.6) is 0 Å². The van der Waals surface area contributed by atoms with Crippen molar-refractivity contribution in [2.75, 3.05) is 19.0 Å². The molecule has 2 N–H and O–H groups in total. The predicted molar refractivity (Wildman–Crippen MR) is 129 cm³/mol. The number of carbonyl (C=O) groups excluding carboxylic acids is 1. The van der Waals surface area contributed by atoms with Gasteiger partial charge in [0.15, 0.2) is 5.58 Å². The van der Waals surface area contributed by atoms with Gasteiger partial charge in [0.05, 0.1) is 5.56 Å². The molecule has 4 unspecified atom stereocenters. The molecule has 7 nitrogen and oxygen atoms in total. The molecule has 2 aromatic rings. The quantitative estimate of drug-likeness (QED) is 0.763. The molecule has 1 aromatic carbocycles. The lowest BCUT2D eigenvalue weighted by Crippen LogP contribution is -2.61. The fourth-order valence-corrected chi connectivity index (χ4v) is 7.49. The summed E-state index contributed by atoms with van der Waals surface area (Å²) in [6.07, 6.45) is 12.5. The van der Waals surface area contributed by atoms with E-state index in [0.29, 0.717) is 58.9 Å². The lowest BCUT2D eigenvalue weighted by molar-refractivity contribution is 0.0329. The smallest absolute Gasteiger partial charge is 0.298 e. The number of carbonyl (C=O) groups is 1. The molecule has 1 aromatic heterocycles. The third kappa shape index (κ3) is 3.64. The van der Waals surface area contributed by atoms with Gasteiger partial charge in [-0.05, 0) is 77.6 Å². The first-order valence-electron chi connectivity index (χ1n) is 12.9. The van der Waals surface area contributed by atoms with Gasteiger partial charge in [-0.15, -0.1) is 0 Å². The van der Waals surface area contributed by atoms with Crippen LogP contribution in [0, 0.1) is 0 Å². The molecule has 4 saturated heterocycles. The SMILES string of the molecule is CN1C2CCCC1CC(N(c1nc3c(C(N)=O)cccc3o1)C1CC3CCCC(C1)N3C)C2. The summed E-state index contributed by atoms with van der Waals surface area (Å²) in [4.78, 5) is 24.8. The number of hydrogen-bond donors (Lipinski definition) is 1. The van der Waals surface area contributed by atoms with E-state index in [1.54, 1.807) is 6.07 Å². The van der Waals surface area contributed by atoms with Crippen LogP contribution in [-0.2, 0) is 0 Å². The van der Waals surface area contributed by atoms with Gasteiger partial charge in [0.25, 0.3) is 11.9 Å². The minimum Gasteiger partial charge on any atom is -0.423 e. The van der Waals surface area contributed by atoms with E-state index in [2.05, 4.69) is 28.8 Å². The highest BCUT2D eigenvalue weighted by Gasteiger charge is 2.45. The maximum Gasteiger partial charge on any atom is 0.298 e. The topological polar surface area (TPSA) is 78.8 Å². The van der Waals surface area contributed by atoms with Gasteiger partial charge < -0.3 is 24.9 Å². The largest absolute Gasteiger partial charge is 0.423 e. The van der Waals surface area contributed by atoms with Crippen LogP contribution in [0.3, 0.4) is 0 Å². The van der Waals surface area contributed by atoms with Gasteiger partial charge in [0, 0.05) is 36.3 Å². The Balaban J connectivity index is 1.40. The molecule has 7 heteroatoms. The Morgan fingerprint density at radius 3 is 1.94 bits per heavy atom. The van der Waals surface area contributed by atoms with Crippen LogP contribution in [0.25, 0.3) is 11.1 Å². The van der Waals surface area contributed by atoms with Crippen LogP contribution in [0.4, 0.5) is 6.01 Å². The molecule has 4 atom stereocenters. The molecular weight excluding hydrogens is 414 g/mol. The van der Waals surface area contributed by atoms with Crippen molar-refractivity contribution >= 4 is 23.0 Å². The van der Waals surface area contributed by atoms with Crippen LogP contribution in [0.2, 0.25) is 0 Å². The monoisotopic (exact) mass is 451 g/mol. The van der Waals surface area contributed by atoms with Gasteiger partial charge in [-0.3, -0.25) is 4.79 Å². The Kier molecular flexibility index (Phi) is 5.37. The molecule has 4 aliphatic heterocycles. The van der Waals surface area contributed by atoms with E-state index in [1.165, 1.54) is 38.5 Å². The van der Waals surface area contributed by atoms with Crippen molar-refractivity contribution in [1.82, 2.24) is 14.8 Å². The van der Waals surface area contributed by atoms with Gasteiger partial charge in [-0.25, -0.2) is 0 Å². The van der Waals surface area contributed by atoms with Crippen molar-refractivity contribution in [1.29, 1.82) is 0 Å². The third-order valence-electron chi connectivity index (χ3n) is 9.31. The summed E-state index contributed by atoms with van der Waals surface area (Å²) < 4.78 is 6.41. The molecule has 5 heterocycles. The van der Waals surface area contributed by atoms with E-state index < -0.39 is 5.91 Å². The number of para-hydroxylation sites is 1. The maximum absolute atomic E-state index is 12.1. The first-order chi connectivity index (χ1) is 16.0. The molecule has 33 heavy (non-hydrogen) atoms. The lowest BCUT2D eigenvalue weighted by Gasteiger charge is -2.54. The minimum absolute atomic E-state index is 0.427. The highest BCUT2D eigenvalue weighted by molar-refractivity contribution is 6.03. The fraction of sp³-hybridized carbons (Fsp3) is 0.692. The van der Waals surface area contributed by atoms with Gasteiger partial charge >= 0.3 is 0 Å². The molecule has 0 saturated carbocycles. The van der Waals surface area contributed by atoms with Crippen molar-refractivity contribution < 1.29 is 9.21 Å². The fourth-order valence-electron chi connectivity index (χ4n) is 7.49. The van der Waals surface area contributed by atoms with Gasteiger partial charge in [-0.1, -0.05) is 18.9 Å². The summed E-state index contributed by atoms with van der Waals surface area (Å²) in [6, 6.07) is 9.60. The normalized spacial score (nSPS) is 35.0. The first kappa shape index (κ1) is 21.4. The number of piperidine rings is 4. The average molecular weight is 452 g/mol. The Morgan fingerprint density at radius 2 is 1.45 bits per heavy atom. The zero-order valence-corrected chi connectivity index (χ0v) is 19.9.